The Hall–Kier alpha value is -1.27. The van der Waals surface area contributed by atoms with Crippen LogP contribution in [0.1, 0.15) is 24.8 Å². The van der Waals surface area contributed by atoms with E-state index in [2.05, 4.69) is 5.32 Å². The predicted octanol–water partition coefficient (Wildman–Crippen LogP) is 2.94. The molecule has 0 bridgehead atoms. The van der Waals surface area contributed by atoms with Gasteiger partial charge in [-0.25, -0.2) is 13.2 Å². The lowest BCUT2D eigenvalue weighted by Crippen LogP contribution is -2.38. The van der Waals surface area contributed by atoms with E-state index in [1.165, 1.54) is 6.07 Å². The fraction of sp³-hybridized carbons (Fsp3) is 0.462. The summed E-state index contributed by atoms with van der Waals surface area (Å²) in [5.41, 5.74) is 1.08. The molecule has 0 aromatic heterocycles. The van der Waals surface area contributed by atoms with Gasteiger partial charge in [-0.1, -0.05) is 0 Å². The number of nitrogens with zero attached hydrogens (tertiary/aromatic N) is 1. The van der Waals surface area contributed by atoms with Gasteiger partial charge in [0.25, 0.3) is 9.05 Å². The zero-order valence-electron chi connectivity index (χ0n) is 11.2. The van der Waals surface area contributed by atoms with Gasteiger partial charge in [0.15, 0.2) is 0 Å². The molecule has 0 radical (unpaired) electrons. The van der Waals surface area contributed by atoms with Crippen molar-refractivity contribution < 1.29 is 13.2 Å². The van der Waals surface area contributed by atoms with Crippen LogP contribution in [0.25, 0.3) is 0 Å². The number of rotatable bonds is 2. The average molecular weight is 317 g/mol. The van der Waals surface area contributed by atoms with Gasteiger partial charge in [0.05, 0.1) is 4.90 Å². The SMILES string of the molecule is Cc1cc(NC(=O)N2CCCCC2)ccc1S(=O)(=O)Cl. The van der Waals surface area contributed by atoms with Crippen molar-refractivity contribution in [3.8, 4) is 0 Å². The zero-order valence-corrected chi connectivity index (χ0v) is 12.8. The summed E-state index contributed by atoms with van der Waals surface area (Å²) in [6.07, 6.45) is 3.21. The van der Waals surface area contributed by atoms with Crippen molar-refractivity contribution in [2.75, 3.05) is 18.4 Å². The minimum absolute atomic E-state index is 0.0649. The second-order valence-corrected chi connectivity index (χ2v) is 7.43. The Morgan fingerprint density at radius 1 is 1.25 bits per heavy atom. The number of hydrogen-bond donors (Lipinski definition) is 1. The summed E-state index contributed by atoms with van der Waals surface area (Å²) in [6.45, 7) is 3.17. The molecule has 1 heterocycles. The van der Waals surface area contributed by atoms with E-state index in [1.54, 1.807) is 24.0 Å². The molecule has 1 N–H and O–H groups in total. The van der Waals surface area contributed by atoms with E-state index in [1.807, 2.05) is 0 Å². The molecule has 1 saturated heterocycles. The van der Waals surface area contributed by atoms with E-state index in [0.717, 1.165) is 32.4 Å². The van der Waals surface area contributed by atoms with Gasteiger partial charge in [0, 0.05) is 29.5 Å². The number of anilines is 1. The highest BCUT2D eigenvalue weighted by Crippen LogP contribution is 2.23. The molecule has 20 heavy (non-hydrogen) atoms. The Balaban J connectivity index is 2.10. The van der Waals surface area contributed by atoms with Gasteiger partial charge in [-0.2, -0.15) is 0 Å². The number of amides is 2. The van der Waals surface area contributed by atoms with Crippen LogP contribution in [0.15, 0.2) is 23.1 Å². The van der Waals surface area contributed by atoms with Gasteiger partial charge in [-0.15, -0.1) is 0 Å². The number of carbonyl (C=O) groups excluding carboxylic acids is 1. The summed E-state index contributed by atoms with van der Waals surface area (Å²) in [5.74, 6) is 0. The normalized spacial score (nSPS) is 16.0. The van der Waals surface area contributed by atoms with Gasteiger partial charge in [0.2, 0.25) is 0 Å². The monoisotopic (exact) mass is 316 g/mol. The molecule has 110 valence electrons. The van der Waals surface area contributed by atoms with E-state index < -0.39 is 9.05 Å². The van der Waals surface area contributed by atoms with Crippen LogP contribution in [0, 0.1) is 6.92 Å². The Kier molecular flexibility index (Phi) is 4.55. The topological polar surface area (TPSA) is 66.5 Å². The lowest BCUT2D eigenvalue weighted by Gasteiger charge is -2.26. The summed E-state index contributed by atoms with van der Waals surface area (Å²) in [6, 6.07) is 4.41. The molecule has 0 unspecified atom stereocenters. The first kappa shape index (κ1) is 15.1. The average Bonchev–Trinajstić information content (AvgIpc) is 2.38. The number of carbonyl (C=O) groups is 1. The molecular weight excluding hydrogens is 300 g/mol. The maximum absolute atomic E-state index is 12.0. The van der Waals surface area contributed by atoms with Crippen LogP contribution in [0.3, 0.4) is 0 Å². The maximum Gasteiger partial charge on any atom is 0.321 e. The molecule has 0 saturated carbocycles. The molecule has 7 heteroatoms. The van der Waals surface area contributed by atoms with Gasteiger partial charge >= 0.3 is 6.03 Å². The third kappa shape index (κ3) is 3.64. The van der Waals surface area contributed by atoms with Crippen LogP contribution in [-0.4, -0.2) is 32.4 Å². The molecule has 1 aromatic carbocycles. The molecule has 0 aliphatic carbocycles. The van der Waals surface area contributed by atoms with Crippen molar-refractivity contribution in [2.24, 2.45) is 0 Å². The number of benzene rings is 1. The van der Waals surface area contributed by atoms with Crippen molar-refractivity contribution in [3.63, 3.8) is 0 Å². The number of halogens is 1. The van der Waals surface area contributed by atoms with Gasteiger partial charge < -0.3 is 10.2 Å². The van der Waals surface area contributed by atoms with Crippen LogP contribution < -0.4 is 5.32 Å². The fourth-order valence-corrected chi connectivity index (χ4v) is 3.49. The summed E-state index contributed by atoms with van der Waals surface area (Å²) in [5, 5.41) is 2.78. The van der Waals surface area contributed by atoms with Crippen molar-refractivity contribution in [3.05, 3.63) is 23.8 Å². The summed E-state index contributed by atoms with van der Waals surface area (Å²) in [7, 11) is 1.57. The highest BCUT2D eigenvalue weighted by atomic mass is 35.7. The number of aryl methyl sites for hydroxylation is 1. The predicted molar refractivity (Wildman–Crippen MR) is 78.7 cm³/mol. The zero-order chi connectivity index (χ0) is 14.8. The summed E-state index contributed by atoms with van der Waals surface area (Å²) in [4.78, 5) is 13.9. The number of likely N-dealkylation sites (tertiary alicyclic amines) is 1. The molecule has 1 aliphatic rings. The van der Waals surface area contributed by atoms with Crippen LogP contribution in [0.2, 0.25) is 0 Å². The third-order valence-electron chi connectivity index (χ3n) is 3.33. The summed E-state index contributed by atoms with van der Waals surface area (Å²) >= 11 is 0. The number of piperidine rings is 1. The first-order valence-electron chi connectivity index (χ1n) is 6.49. The van der Waals surface area contributed by atoms with Gasteiger partial charge in [-0.05, 0) is 49.9 Å². The molecule has 1 aliphatic heterocycles. The van der Waals surface area contributed by atoms with Crippen molar-refractivity contribution >= 4 is 31.5 Å². The quantitative estimate of drug-likeness (QED) is 0.853. The Bertz CT molecular complexity index is 610. The molecule has 2 amide bonds. The number of hydrogen-bond acceptors (Lipinski definition) is 3. The van der Waals surface area contributed by atoms with Crippen molar-refractivity contribution in [1.29, 1.82) is 0 Å². The Morgan fingerprint density at radius 3 is 2.45 bits per heavy atom. The smallest absolute Gasteiger partial charge is 0.321 e. The van der Waals surface area contributed by atoms with Crippen molar-refractivity contribution in [1.82, 2.24) is 4.90 Å². The molecule has 1 fully saturated rings. The second-order valence-electron chi connectivity index (χ2n) is 4.90. The fourth-order valence-electron chi connectivity index (χ4n) is 2.30. The van der Waals surface area contributed by atoms with Crippen molar-refractivity contribution in [2.45, 2.75) is 31.1 Å². The van der Waals surface area contributed by atoms with Gasteiger partial charge in [0.1, 0.15) is 0 Å². The largest absolute Gasteiger partial charge is 0.325 e. The van der Waals surface area contributed by atoms with E-state index in [-0.39, 0.29) is 10.9 Å². The van der Waals surface area contributed by atoms with E-state index in [4.69, 9.17) is 10.7 Å². The molecule has 0 atom stereocenters. The lowest BCUT2D eigenvalue weighted by molar-refractivity contribution is 0.200. The molecule has 1 aromatic rings. The Morgan fingerprint density at radius 2 is 1.90 bits per heavy atom. The third-order valence-corrected chi connectivity index (χ3v) is 4.81. The van der Waals surface area contributed by atoms with Crippen LogP contribution >= 0.6 is 10.7 Å². The second kappa shape index (κ2) is 6.01. The van der Waals surface area contributed by atoms with Gasteiger partial charge in [-0.3, -0.25) is 0 Å². The molecular formula is C13H17ClN2O3S. The number of nitrogens with one attached hydrogen (secondary N) is 1. The molecule has 2 rings (SSSR count). The first-order valence-corrected chi connectivity index (χ1v) is 8.80. The van der Waals surface area contributed by atoms with E-state index >= 15 is 0 Å². The first-order chi connectivity index (χ1) is 9.38. The standard InChI is InChI=1S/C13H17ClN2O3S/c1-10-9-11(5-6-12(10)20(14,18)19)15-13(17)16-7-3-2-4-8-16/h5-6,9H,2-4,7-8H2,1H3,(H,15,17). The number of urea groups is 1. The lowest BCUT2D eigenvalue weighted by atomic mass is 10.1. The van der Waals surface area contributed by atoms with E-state index in [9.17, 15) is 13.2 Å². The molecule has 5 nitrogen and oxygen atoms in total. The summed E-state index contributed by atoms with van der Waals surface area (Å²) < 4.78 is 22.6. The highest BCUT2D eigenvalue weighted by Gasteiger charge is 2.18. The maximum atomic E-state index is 12.0. The Labute approximate surface area is 123 Å². The van der Waals surface area contributed by atoms with Crippen LogP contribution in [0.4, 0.5) is 10.5 Å². The van der Waals surface area contributed by atoms with E-state index in [0.29, 0.717) is 11.3 Å². The minimum atomic E-state index is -3.75. The highest BCUT2D eigenvalue weighted by molar-refractivity contribution is 8.13. The molecule has 0 spiro atoms. The minimum Gasteiger partial charge on any atom is -0.325 e. The van der Waals surface area contributed by atoms with Crippen LogP contribution in [0.5, 0.6) is 0 Å². The van der Waals surface area contributed by atoms with Crippen LogP contribution in [-0.2, 0) is 9.05 Å².